The molecule has 0 saturated carbocycles. The summed E-state index contributed by atoms with van der Waals surface area (Å²) < 4.78 is 5.90. The highest BCUT2D eigenvalue weighted by Crippen LogP contribution is 2.58. The van der Waals surface area contributed by atoms with Crippen molar-refractivity contribution in [1.29, 1.82) is 5.26 Å². The first-order valence-corrected chi connectivity index (χ1v) is 10.9. The maximum atomic E-state index is 14.1. The number of Topliss-reactive ketones (excluding diaryl/α,β-unsaturated/α-hetero) is 1. The van der Waals surface area contributed by atoms with Gasteiger partial charge in [0.1, 0.15) is 22.8 Å². The van der Waals surface area contributed by atoms with Crippen molar-refractivity contribution in [1.82, 2.24) is 0 Å². The summed E-state index contributed by atoms with van der Waals surface area (Å²) in [5.74, 6) is -0.159. The van der Waals surface area contributed by atoms with Gasteiger partial charge in [-0.25, -0.2) is 0 Å². The van der Waals surface area contributed by atoms with Gasteiger partial charge in [0.05, 0.1) is 11.3 Å². The Hall–Kier alpha value is -3.85. The summed E-state index contributed by atoms with van der Waals surface area (Å²) >= 11 is 0. The Bertz CT molecular complexity index is 1300. The molecule has 6 heteroatoms. The van der Waals surface area contributed by atoms with Crippen LogP contribution in [0.15, 0.2) is 71.3 Å². The molecule has 0 radical (unpaired) electrons. The van der Waals surface area contributed by atoms with Crippen molar-refractivity contribution in [2.45, 2.75) is 37.0 Å². The van der Waals surface area contributed by atoms with E-state index in [1.54, 1.807) is 4.90 Å². The van der Waals surface area contributed by atoms with Gasteiger partial charge in [-0.2, -0.15) is 5.26 Å². The molecule has 2 N–H and O–H groups in total. The molecule has 2 aromatic rings. The Kier molecular flexibility index (Phi) is 3.88. The zero-order chi connectivity index (χ0) is 22.0. The van der Waals surface area contributed by atoms with Crippen LogP contribution in [0.1, 0.15) is 41.9 Å². The fraction of sp³-hybridized carbons (Fsp3) is 0.269. The van der Waals surface area contributed by atoms with E-state index in [1.165, 1.54) is 0 Å². The molecule has 0 bridgehead atoms. The Morgan fingerprint density at radius 2 is 1.91 bits per heavy atom. The molecule has 0 unspecified atom stereocenters. The van der Waals surface area contributed by atoms with E-state index in [0.29, 0.717) is 29.9 Å². The van der Waals surface area contributed by atoms with Gasteiger partial charge in [-0.3, -0.25) is 9.59 Å². The second-order valence-electron chi connectivity index (χ2n) is 8.81. The summed E-state index contributed by atoms with van der Waals surface area (Å²) in [4.78, 5) is 29.5. The SMILES string of the molecule is N#CC1=C(N)OC2=C(C(=O)C[C@@H](c3ccccc3)C2)[C@@]12C(=O)N1CCCc3cccc2c31. The number of hydrogen-bond acceptors (Lipinski definition) is 5. The fourth-order valence-electron chi connectivity index (χ4n) is 5.94. The van der Waals surface area contributed by atoms with Crippen molar-refractivity contribution < 1.29 is 14.3 Å². The number of allylic oxidation sites excluding steroid dienone is 1. The molecule has 6 rings (SSSR count). The number of nitrogens with two attached hydrogens (primary N) is 1. The number of ether oxygens (including phenoxy) is 1. The number of aryl methyl sites for hydroxylation is 1. The average molecular weight is 423 g/mol. The first-order valence-electron chi connectivity index (χ1n) is 10.9. The van der Waals surface area contributed by atoms with Crippen LogP contribution in [0.4, 0.5) is 5.69 Å². The summed E-state index contributed by atoms with van der Waals surface area (Å²) in [6.45, 7) is 0.563. The highest BCUT2D eigenvalue weighted by Gasteiger charge is 2.63. The van der Waals surface area contributed by atoms with Gasteiger partial charge in [0.2, 0.25) is 11.8 Å². The third-order valence-corrected chi connectivity index (χ3v) is 7.22. The van der Waals surface area contributed by atoms with E-state index in [2.05, 4.69) is 6.07 Å². The zero-order valence-electron chi connectivity index (χ0n) is 17.4. The van der Waals surface area contributed by atoms with E-state index in [4.69, 9.17) is 10.5 Å². The number of nitrogens with zero attached hydrogens (tertiary/aromatic N) is 2. The van der Waals surface area contributed by atoms with Crippen LogP contribution >= 0.6 is 0 Å². The van der Waals surface area contributed by atoms with Gasteiger partial charge in [-0.1, -0.05) is 48.5 Å². The predicted molar refractivity (Wildman–Crippen MR) is 117 cm³/mol. The third-order valence-electron chi connectivity index (χ3n) is 7.22. The third kappa shape index (κ3) is 2.23. The van der Waals surface area contributed by atoms with Crippen LogP contribution < -0.4 is 10.6 Å². The van der Waals surface area contributed by atoms with Crippen LogP contribution in [0.25, 0.3) is 0 Å². The Balaban J connectivity index is 1.61. The molecule has 0 aromatic heterocycles. The molecule has 1 spiro atoms. The van der Waals surface area contributed by atoms with E-state index in [-0.39, 0.29) is 35.5 Å². The molecule has 1 amide bonds. The summed E-state index contributed by atoms with van der Waals surface area (Å²) in [5, 5.41) is 10.1. The van der Waals surface area contributed by atoms with Crippen molar-refractivity contribution in [3.63, 3.8) is 0 Å². The normalized spacial score (nSPS) is 26.1. The Morgan fingerprint density at radius 1 is 1.09 bits per heavy atom. The second kappa shape index (κ2) is 6.57. The van der Waals surface area contributed by atoms with Gasteiger partial charge in [-0.05, 0) is 29.9 Å². The lowest BCUT2D eigenvalue weighted by Crippen LogP contribution is -2.49. The largest absolute Gasteiger partial charge is 0.444 e. The van der Waals surface area contributed by atoms with Crippen LogP contribution in [0, 0.1) is 11.3 Å². The standard InChI is InChI=1S/C26H21N3O3/c27-14-19-24(28)32-21-13-17(15-6-2-1-3-7-15)12-20(30)22(21)26(19)18-10-4-8-16-9-5-11-29(23(16)18)25(26)31/h1-4,6-8,10,17H,5,9,11-13,28H2/t17-,26+/m1/s1. The number of para-hydroxylation sites is 1. The number of amides is 1. The maximum Gasteiger partial charge on any atom is 0.247 e. The van der Waals surface area contributed by atoms with Gasteiger partial charge in [0, 0.05) is 24.9 Å². The first kappa shape index (κ1) is 18.9. The van der Waals surface area contributed by atoms with Gasteiger partial charge in [-0.15, -0.1) is 0 Å². The lowest BCUT2D eigenvalue weighted by molar-refractivity contribution is -0.125. The molecule has 0 fully saturated rings. The van der Waals surface area contributed by atoms with Crippen LogP contribution in [0.5, 0.6) is 0 Å². The highest BCUT2D eigenvalue weighted by molar-refractivity contribution is 6.20. The van der Waals surface area contributed by atoms with E-state index >= 15 is 0 Å². The number of benzene rings is 2. The van der Waals surface area contributed by atoms with Crippen molar-refractivity contribution >= 4 is 17.4 Å². The van der Waals surface area contributed by atoms with Crippen LogP contribution in [0.2, 0.25) is 0 Å². The molecule has 2 aromatic carbocycles. The van der Waals surface area contributed by atoms with Crippen molar-refractivity contribution in [2.75, 3.05) is 11.4 Å². The number of carbonyl (C=O) groups is 2. The quantitative estimate of drug-likeness (QED) is 0.759. The van der Waals surface area contributed by atoms with Crippen molar-refractivity contribution in [2.24, 2.45) is 5.73 Å². The van der Waals surface area contributed by atoms with Crippen LogP contribution in [-0.4, -0.2) is 18.2 Å². The Morgan fingerprint density at radius 3 is 2.69 bits per heavy atom. The number of fused-ring (bicyclic) bond motifs is 2. The monoisotopic (exact) mass is 423 g/mol. The molecule has 0 saturated heterocycles. The number of ketones is 1. The van der Waals surface area contributed by atoms with E-state index in [0.717, 1.165) is 29.7 Å². The number of rotatable bonds is 1. The van der Waals surface area contributed by atoms with Crippen LogP contribution in [-0.2, 0) is 26.2 Å². The molecule has 158 valence electrons. The smallest absolute Gasteiger partial charge is 0.247 e. The van der Waals surface area contributed by atoms with E-state index in [9.17, 15) is 14.9 Å². The van der Waals surface area contributed by atoms with Gasteiger partial charge >= 0.3 is 0 Å². The summed E-state index contributed by atoms with van der Waals surface area (Å²) in [6.07, 6.45) is 2.41. The molecular formula is C26H21N3O3. The van der Waals surface area contributed by atoms with Crippen molar-refractivity contribution in [3.05, 3.63) is 88.0 Å². The lowest BCUT2D eigenvalue weighted by atomic mass is 9.63. The minimum Gasteiger partial charge on any atom is -0.444 e. The average Bonchev–Trinajstić information content (AvgIpc) is 3.05. The lowest BCUT2D eigenvalue weighted by Gasteiger charge is -2.39. The second-order valence-corrected chi connectivity index (χ2v) is 8.81. The number of hydrogen-bond donors (Lipinski definition) is 1. The Labute approximate surface area is 185 Å². The van der Waals surface area contributed by atoms with Gasteiger partial charge < -0.3 is 15.4 Å². The summed E-state index contributed by atoms with van der Waals surface area (Å²) in [7, 11) is 0. The number of anilines is 1. The predicted octanol–water partition coefficient (Wildman–Crippen LogP) is 3.34. The van der Waals surface area contributed by atoms with Gasteiger partial charge in [0.15, 0.2) is 5.78 Å². The molecule has 6 nitrogen and oxygen atoms in total. The van der Waals surface area contributed by atoms with E-state index < -0.39 is 5.41 Å². The molecule has 2 atom stereocenters. The topological polar surface area (TPSA) is 96.4 Å². The number of carbonyl (C=O) groups excluding carboxylic acids is 2. The molecule has 32 heavy (non-hydrogen) atoms. The van der Waals surface area contributed by atoms with Crippen molar-refractivity contribution in [3.8, 4) is 6.07 Å². The molecule has 4 aliphatic rings. The molecule has 3 heterocycles. The first-order chi connectivity index (χ1) is 15.6. The van der Waals surface area contributed by atoms with Gasteiger partial charge in [0.25, 0.3) is 0 Å². The minimum atomic E-state index is -1.51. The highest BCUT2D eigenvalue weighted by atomic mass is 16.5. The fourth-order valence-corrected chi connectivity index (χ4v) is 5.94. The van der Waals surface area contributed by atoms with E-state index in [1.807, 2.05) is 48.5 Å². The zero-order valence-corrected chi connectivity index (χ0v) is 17.4. The molecule has 3 aliphatic heterocycles. The molecule has 1 aliphatic carbocycles. The minimum absolute atomic E-state index is 0.0237. The summed E-state index contributed by atoms with van der Waals surface area (Å²) in [5.41, 5.74) is 8.68. The number of nitriles is 1. The maximum absolute atomic E-state index is 14.1. The molecular weight excluding hydrogens is 402 g/mol. The summed E-state index contributed by atoms with van der Waals surface area (Å²) in [6, 6.07) is 17.7. The van der Waals surface area contributed by atoms with Crippen LogP contribution in [0.3, 0.4) is 0 Å².